The van der Waals surface area contributed by atoms with E-state index in [1.807, 2.05) is 6.92 Å². The molecule has 0 unspecified atom stereocenters. The minimum atomic E-state index is -3.03. The Morgan fingerprint density at radius 3 is 2.60 bits per heavy atom. The van der Waals surface area contributed by atoms with Crippen molar-refractivity contribution in [3.8, 4) is 0 Å². The van der Waals surface area contributed by atoms with E-state index in [0.717, 1.165) is 0 Å². The van der Waals surface area contributed by atoms with Crippen molar-refractivity contribution >= 4 is 27.2 Å². The van der Waals surface area contributed by atoms with Crippen molar-refractivity contribution in [1.82, 2.24) is 4.98 Å². The van der Waals surface area contributed by atoms with Gasteiger partial charge in [-0.1, -0.05) is 0 Å². The molecule has 2 heterocycles. The van der Waals surface area contributed by atoms with Crippen LogP contribution in [0.15, 0.2) is 12.1 Å². The number of rotatable bonds is 4. The Morgan fingerprint density at radius 1 is 1.40 bits per heavy atom. The Labute approximate surface area is 116 Å². The third-order valence-electron chi connectivity index (χ3n) is 3.05. The first kappa shape index (κ1) is 14.5. The van der Waals surface area contributed by atoms with E-state index in [9.17, 15) is 18.5 Å². The van der Waals surface area contributed by atoms with Crippen LogP contribution in [0.1, 0.15) is 6.92 Å². The van der Waals surface area contributed by atoms with Gasteiger partial charge in [0, 0.05) is 25.7 Å². The molecule has 1 aliphatic heterocycles. The molecule has 1 aromatic rings. The van der Waals surface area contributed by atoms with Gasteiger partial charge in [0.2, 0.25) is 5.82 Å². The smallest absolute Gasteiger partial charge is 0.311 e. The van der Waals surface area contributed by atoms with Crippen molar-refractivity contribution in [2.75, 3.05) is 41.4 Å². The molecular formula is C11H16N4O4S. The normalized spacial score (nSPS) is 17.8. The van der Waals surface area contributed by atoms with E-state index < -0.39 is 14.8 Å². The zero-order valence-corrected chi connectivity index (χ0v) is 11.9. The monoisotopic (exact) mass is 300 g/mol. The van der Waals surface area contributed by atoms with Gasteiger partial charge >= 0.3 is 5.69 Å². The highest BCUT2D eigenvalue weighted by atomic mass is 32.2. The minimum Gasteiger partial charge on any atom is -0.370 e. The summed E-state index contributed by atoms with van der Waals surface area (Å²) >= 11 is 0. The second kappa shape index (κ2) is 5.61. The highest BCUT2D eigenvalue weighted by Crippen LogP contribution is 2.28. The number of aromatic nitrogens is 1. The molecule has 0 saturated carbocycles. The average molecular weight is 300 g/mol. The van der Waals surface area contributed by atoms with Crippen molar-refractivity contribution in [2.24, 2.45) is 0 Å². The first-order valence-corrected chi connectivity index (χ1v) is 8.10. The predicted molar refractivity (Wildman–Crippen MR) is 75.9 cm³/mol. The van der Waals surface area contributed by atoms with Crippen molar-refractivity contribution in [3.05, 3.63) is 22.2 Å². The van der Waals surface area contributed by atoms with Crippen LogP contribution in [0.2, 0.25) is 0 Å². The summed E-state index contributed by atoms with van der Waals surface area (Å²) in [7, 11) is -3.03. The van der Waals surface area contributed by atoms with E-state index in [1.165, 1.54) is 6.07 Å². The molecule has 20 heavy (non-hydrogen) atoms. The van der Waals surface area contributed by atoms with E-state index >= 15 is 0 Å². The van der Waals surface area contributed by atoms with Crippen LogP contribution in [0.5, 0.6) is 0 Å². The highest BCUT2D eigenvalue weighted by Gasteiger charge is 2.28. The molecule has 0 atom stereocenters. The third kappa shape index (κ3) is 3.16. The SMILES string of the molecule is CCNc1ccc([N+](=O)[O-])c(N2CCS(=O)(=O)CC2)n1. The Balaban J connectivity index is 2.32. The number of nitrogens with one attached hydrogen (secondary N) is 1. The Morgan fingerprint density at radius 2 is 2.05 bits per heavy atom. The van der Waals surface area contributed by atoms with Crippen LogP contribution in [0.25, 0.3) is 0 Å². The third-order valence-corrected chi connectivity index (χ3v) is 4.66. The molecule has 8 nitrogen and oxygen atoms in total. The second-order valence-electron chi connectivity index (χ2n) is 4.47. The lowest BCUT2D eigenvalue weighted by Gasteiger charge is -2.27. The number of nitro groups is 1. The van der Waals surface area contributed by atoms with E-state index in [0.29, 0.717) is 12.4 Å². The molecule has 0 bridgehead atoms. The van der Waals surface area contributed by atoms with Crippen LogP contribution < -0.4 is 10.2 Å². The van der Waals surface area contributed by atoms with E-state index in [4.69, 9.17) is 0 Å². The molecule has 1 N–H and O–H groups in total. The lowest BCUT2D eigenvalue weighted by atomic mass is 10.3. The summed E-state index contributed by atoms with van der Waals surface area (Å²) in [6, 6.07) is 2.94. The van der Waals surface area contributed by atoms with Crippen LogP contribution >= 0.6 is 0 Å². The molecule has 1 saturated heterocycles. The van der Waals surface area contributed by atoms with Gasteiger partial charge in [0.25, 0.3) is 0 Å². The molecule has 0 amide bonds. The maximum absolute atomic E-state index is 11.4. The Hall–Kier alpha value is -1.90. The second-order valence-corrected chi connectivity index (χ2v) is 6.77. The minimum absolute atomic E-state index is 0.00271. The van der Waals surface area contributed by atoms with Crippen LogP contribution in [0.4, 0.5) is 17.3 Å². The summed E-state index contributed by atoms with van der Waals surface area (Å²) in [5.41, 5.74) is -0.106. The summed E-state index contributed by atoms with van der Waals surface area (Å²) in [6.45, 7) is 3.01. The molecule has 0 radical (unpaired) electrons. The van der Waals surface area contributed by atoms with Gasteiger partial charge in [0.1, 0.15) is 5.82 Å². The fourth-order valence-electron chi connectivity index (χ4n) is 2.02. The first-order valence-electron chi connectivity index (χ1n) is 6.27. The van der Waals surface area contributed by atoms with Gasteiger partial charge in [-0.25, -0.2) is 13.4 Å². The summed E-state index contributed by atoms with van der Waals surface area (Å²) in [5, 5.41) is 14.1. The number of sulfone groups is 1. The number of anilines is 2. The van der Waals surface area contributed by atoms with Gasteiger partial charge in [-0.3, -0.25) is 10.1 Å². The zero-order valence-electron chi connectivity index (χ0n) is 11.1. The van der Waals surface area contributed by atoms with Crippen molar-refractivity contribution < 1.29 is 13.3 Å². The molecule has 0 spiro atoms. The standard InChI is InChI=1S/C11H16N4O4S/c1-2-12-10-4-3-9(15(16)17)11(13-10)14-5-7-20(18,19)8-6-14/h3-4H,2,5-8H2,1H3,(H,12,13). The Kier molecular flexibility index (Phi) is 4.07. The first-order chi connectivity index (χ1) is 9.43. The van der Waals surface area contributed by atoms with Crippen LogP contribution in [0, 0.1) is 10.1 Å². The maximum atomic E-state index is 11.4. The molecule has 1 aromatic heterocycles. The molecule has 9 heteroatoms. The lowest BCUT2D eigenvalue weighted by Crippen LogP contribution is -2.41. The number of nitrogens with zero attached hydrogens (tertiary/aromatic N) is 3. The summed E-state index contributed by atoms with van der Waals surface area (Å²) in [6.07, 6.45) is 0. The van der Waals surface area contributed by atoms with Gasteiger partial charge in [-0.15, -0.1) is 0 Å². The molecule has 0 aromatic carbocycles. The largest absolute Gasteiger partial charge is 0.370 e. The molecule has 1 aliphatic rings. The van der Waals surface area contributed by atoms with Crippen LogP contribution in [-0.4, -0.2) is 49.5 Å². The van der Waals surface area contributed by atoms with E-state index in [1.54, 1.807) is 11.0 Å². The maximum Gasteiger partial charge on any atom is 0.311 e. The van der Waals surface area contributed by atoms with Gasteiger partial charge in [-0.2, -0.15) is 0 Å². The molecule has 1 fully saturated rings. The average Bonchev–Trinajstić information content (AvgIpc) is 2.38. The fraction of sp³-hybridized carbons (Fsp3) is 0.545. The molecular weight excluding hydrogens is 284 g/mol. The van der Waals surface area contributed by atoms with Crippen LogP contribution in [0.3, 0.4) is 0 Å². The summed E-state index contributed by atoms with van der Waals surface area (Å²) in [4.78, 5) is 16.4. The number of hydrogen-bond acceptors (Lipinski definition) is 7. The van der Waals surface area contributed by atoms with Crippen molar-refractivity contribution in [2.45, 2.75) is 6.92 Å². The van der Waals surface area contributed by atoms with Gasteiger partial charge < -0.3 is 10.2 Å². The highest BCUT2D eigenvalue weighted by molar-refractivity contribution is 7.91. The number of hydrogen-bond donors (Lipinski definition) is 1. The quantitative estimate of drug-likeness (QED) is 0.643. The van der Waals surface area contributed by atoms with Gasteiger partial charge in [0.05, 0.1) is 16.4 Å². The summed E-state index contributed by atoms with van der Waals surface area (Å²) < 4.78 is 22.8. The van der Waals surface area contributed by atoms with E-state index in [2.05, 4.69) is 10.3 Å². The van der Waals surface area contributed by atoms with Crippen molar-refractivity contribution in [1.29, 1.82) is 0 Å². The van der Waals surface area contributed by atoms with Gasteiger partial charge in [-0.05, 0) is 13.0 Å². The van der Waals surface area contributed by atoms with E-state index in [-0.39, 0.29) is 36.1 Å². The molecule has 110 valence electrons. The van der Waals surface area contributed by atoms with Gasteiger partial charge in [0.15, 0.2) is 9.84 Å². The predicted octanol–water partition coefficient (Wildman–Crippen LogP) is 0.656. The summed E-state index contributed by atoms with van der Waals surface area (Å²) in [5.74, 6) is 0.763. The zero-order chi connectivity index (χ0) is 14.8. The fourth-order valence-corrected chi connectivity index (χ4v) is 3.22. The molecule has 2 rings (SSSR count). The lowest BCUT2D eigenvalue weighted by molar-refractivity contribution is -0.384. The topological polar surface area (TPSA) is 105 Å². The van der Waals surface area contributed by atoms with Crippen LogP contribution in [-0.2, 0) is 9.84 Å². The van der Waals surface area contributed by atoms with Crippen molar-refractivity contribution in [3.63, 3.8) is 0 Å². The number of pyridine rings is 1. The molecule has 0 aliphatic carbocycles. The Bertz CT molecular complexity index is 603.